The highest BCUT2D eigenvalue weighted by atomic mass is 16.3. The monoisotopic (exact) mass is 236 g/mol. The number of nitrogens with zero attached hydrogens (tertiary/aromatic N) is 1. The molecule has 0 spiro atoms. The molecule has 1 aliphatic heterocycles. The molecule has 3 heteroatoms. The number of nitrogens with two attached hydrogens (primary N) is 1. The maximum atomic E-state index is 5.95. The first-order chi connectivity index (χ1) is 8.19. The summed E-state index contributed by atoms with van der Waals surface area (Å²) in [5, 5.41) is 0. The maximum Gasteiger partial charge on any atom is 0.118 e. The van der Waals surface area contributed by atoms with Crippen molar-refractivity contribution in [1.29, 1.82) is 0 Å². The summed E-state index contributed by atoms with van der Waals surface area (Å²) in [5.41, 5.74) is 5.95. The molecule has 1 saturated heterocycles. The molecule has 2 heterocycles. The predicted molar refractivity (Wildman–Crippen MR) is 69.7 cm³/mol. The van der Waals surface area contributed by atoms with Gasteiger partial charge in [-0.1, -0.05) is 6.92 Å². The summed E-state index contributed by atoms with van der Waals surface area (Å²) >= 11 is 0. The van der Waals surface area contributed by atoms with E-state index in [0.29, 0.717) is 12.0 Å². The lowest BCUT2D eigenvalue weighted by molar-refractivity contribution is 0.155. The summed E-state index contributed by atoms with van der Waals surface area (Å²) in [6, 6.07) is 4.54. The van der Waals surface area contributed by atoms with E-state index in [2.05, 4.69) is 30.9 Å². The molecule has 17 heavy (non-hydrogen) atoms. The van der Waals surface area contributed by atoms with Crippen molar-refractivity contribution < 1.29 is 4.42 Å². The Morgan fingerprint density at radius 2 is 2.00 bits per heavy atom. The molecule has 1 unspecified atom stereocenters. The number of hydrogen-bond acceptors (Lipinski definition) is 3. The second kappa shape index (κ2) is 5.69. The van der Waals surface area contributed by atoms with Crippen molar-refractivity contribution in [3.05, 3.63) is 23.7 Å². The number of piperidine rings is 1. The molecule has 0 radical (unpaired) electrons. The zero-order valence-electron chi connectivity index (χ0n) is 11.0. The van der Waals surface area contributed by atoms with E-state index in [1.54, 1.807) is 0 Å². The molecule has 1 aromatic rings. The van der Waals surface area contributed by atoms with E-state index in [-0.39, 0.29) is 0 Å². The molecule has 2 N–H and O–H groups in total. The Hall–Kier alpha value is -0.800. The smallest absolute Gasteiger partial charge is 0.118 e. The van der Waals surface area contributed by atoms with E-state index >= 15 is 0 Å². The largest absolute Gasteiger partial charge is 0.465 e. The zero-order chi connectivity index (χ0) is 12.3. The number of likely N-dealkylation sites (tertiary alicyclic amines) is 1. The van der Waals surface area contributed by atoms with Crippen LogP contribution in [-0.2, 0) is 13.0 Å². The third-order valence-corrected chi connectivity index (χ3v) is 3.82. The molecule has 2 rings (SSSR count). The van der Waals surface area contributed by atoms with Crippen molar-refractivity contribution in [3.63, 3.8) is 0 Å². The van der Waals surface area contributed by atoms with E-state index in [1.165, 1.54) is 12.8 Å². The van der Waals surface area contributed by atoms with Crippen molar-refractivity contribution in [2.24, 2.45) is 11.7 Å². The maximum absolute atomic E-state index is 5.95. The van der Waals surface area contributed by atoms with Gasteiger partial charge in [0.2, 0.25) is 0 Å². The molecule has 0 bridgehead atoms. The van der Waals surface area contributed by atoms with E-state index < -0.39 is 0 Å². The summed E-state index contributed by atoms with van der Waals surface area (Å²) in [7, 11) is 0. The number of hydrogen-bond donors (Lipinski definition) is 1. The van der Waals surface area contributed by atoms with Gasteiger partial charge in [0.15, 0.2) is 0 Å². The van der Waals surface area contributed by atoms with Crippen LogP contribution < -0.4 is 5.73 Å². The Bertz CT molecular complexity index is 338. The van der Waals surface area contributed by atoms with Crippen LogP contribution in [-0.4, -0.2) is 24.0 Å². The van der Waals surface area contributed by atoms with Crippen LogP contribution in [0.1, 0.15) is 38.2 Å². The zero-order valence-corrected chi connectivity index (χ0v) is 11.0. The van der Waals surface area contributed by atoms with Crippen molar-refractivity contribution in [2.45, 2.75) is 45.7 Å². The van der Waals surface area contributed by atoms with Gasteiger partial charge >= 0.3 is 0 Å². The van der Waals surface area contributed by atoms with Gasteiger partial charge in [-0.05, 0) is 50.9 Å². The van der Waals surface area contributed by atoms with E-state index in [4.69, 9.17) is 10.2 Å². The van der Waals surface area contributed by atoms with Crippen LogP contribution in [0.25, 0.3) is 0 Å². The van der Waals surface area contributed by atoms with E-state index in [0.717, 1.165) is 37.6 Å². The molecule has 0 saturated carbocycles. The summed E-state index contributed by atoms with van der Waals surface area (Å²) < 4.78 is 5.74. The summed E-state index contributed by atoms with van der Waals surface area (Å²) in [6.07, 6.45) is 3.42. The Kier molecular flexibility index (Phi) is 4.24. The molecule has 0 aromatic carbocycles. The van der Waals surface area contributed by atoms with Crippen LogP contribution in [0.3, 0.4) is 0 Å². The third kappa shape index (κ3) is 3.33. The van der Waals surface area contributed by atoms with Crippen LogP contribution >= 0.6 is 0 Å². The molecule has 1 fully saturated rings. The number of aryl methyl sites for hydroxylation is 1. The number of furan rings is 1. The van der Waals surface area contributed by atoms with Gasteiger partial charge in [-0.15, -0.1) is 0 Å². The molecule has 1 aliphatic rings. The second-order valence-corrected chi connectivity index (χ2v) is 5.19. The highest BCUT2D eigenvalue weighted by Crippen LogP contribution is 2.21. The van der Waals surface area contributed by atoms with Gasteiger partial charge in [-0.3, -0.25) is 4.90 Å². The molecule has 1 aromatic heterocycles. The van der Waals surface area contributed by atoms with Gasteiger partial charge in [-0.2, -0.15) is 0 Å². The van der Waals surface area contributed by atoms with Gasteiger partial charge in [0.05, 0.1) is 6.54 Å². The fourth-order valence-electron chi connectivity index (χ4n) is 2.55. The van der Waals surface area contributed by atoms with Crippen LogP contribution in [0.2, 0.25) is 0 Å². The molecular formula is C14H24N2O. The van der Waals surface area contributed by atoms with E-state index in [1.807, 2.05) is 0 Å². The van der Waals surface area contributed by atoms with Crippen molar-refractivity contribution in [2.75, 3.05) is 13.1 Å². The Morgan fingerprint density at radius 1 is 1.35 bits per heavy atom. The van der Waals surface area contributed by atoms with Crippen molar-refractivity contribution >= 4 is 0 Å². The van der Waals surface area contributed by atoms with Gasteiger partial charge in [-0.25, -0.2) is 0 Å². The lowest BCUT2D eigenvalue weighted by Gasteiger charge is -2.33. The lowest BCUT2D eigenvalue weighted by Crippen LogP contribution is -2.39. The first kappa shape index (κ1) is 12.7. The second-order valence-electron chi connectivity index (χ2n) is 5.19. The molecule has 0 aliphatic carbocycles. The average molecular weight is 236 g/mol. The predicted octanol–water partition coefficient (Wildman–Crippen LogP) is 2.40. The first-order valence-electron chi connectivity index (χ1n) is 6.74. The summed E-state index contributed by atoms with van der Waals surface area (Å²) in [5.74, 6) is 2.89. The minimum absolute atomic E-state index is 0.340. The quantitative estimate of drug-likeness (QED) is 0.873. The number of rotatable bonds is 4. The first-order valence-corrected chi connectivity index (χ1v) is 6.74. The summed E-state index contributed by atoms with van der Waals surface area (Å²) in [6.45, 7) is 7.49. The Balaban J connectivity index is 1.81. The molecule has 1 atom stereocenters. The normalized spacial score (nSPS) is 20.6. The van der Waals surface area contributed by atoms with Gasteiger partial charge in [0, 0.05) is 12.5 Å². The van der Waals surface area contributed by atoms with Crippen LogP contribution in [0, 0.1) is 5.92 Å². The molecule has 0 amide bonds. The van der Waals surface area contributed by atoms with Crippen molar-refractivity contribution in [1.82, 2.24) is 4.90 Å². The summed E-state index contributed by atoms with van der Waals surface area (Å²) in [4.78, 5) is 2.47. The van der Waals surface area contributed by atoms with Gasteiger partial charge < -0.3 is 10.2 Å². The standard InChI is InChI=1S/C14H24N2O/c1-3-13-4-5-14(17-13)10-16-8-6-12(7-9-16)11(2)15/h4-5,11-12H,3,6-10,15H2,1-2H3. The minimum Gasteiger partial charge on any atom is -0.465 e. The molecule has 96 valence electrons. The highest BCUT2D eigenvalue weighted by molar-refractivity contribution is 5.07. The Morgan fingerprint density at radius 3 is 2.53 bits per heavy atom. The van der Waals surface area contributed by atoms with Crippen LogP contribution in [0.4, 0.5) is 0 Å². The van der Waals surface area contributed by atoms with Gasteiger partial charge in [0.1, 0.15) is 11.5 Å². The fraction of sp³-hybridized carbons (Fsp3) is 0.714. The SMILES string of the molecule is CCc1ccc(CN2CCC(C(C)N)CC2)o1. The van der Waals surface area contributed by atoms with Crippen LogP contribution in [0.15, 0.2) is 16.5 Å². The lowest BCUT2D eigenvalue weighted by atomic mass is 9.91. The van der Waals surface area contributed by atoms with Gasteiger partial charge in [0.25, 0.3) is 0 Å². The highest BCUT2D eigenvalue weighted by Gasteiger charge is 2.22. The van der Waals surface area contributed by atoms with Crippen molar-refractivity contribution in [3.8, 4) is 0 Å². The average Bonchev–Trinajstić information content (AvgIpc) is 2.77. The molecular weight excluding hydrogens is 212 g/mol. The fourth-order valence-corrected chi connectivity index (χ4v) is 2.55. The van der Waals surface area contributed by atoms with E-state index in [9.17, 15) is 0 Å². The van der Waals surface area contributed by atoms with Crippen LogP contribution in [0.5, 0.6) is 0 Å². The topological polar surface area (TPSA) is 42.4 Å². The molecule has 3 nitrogen and oxygen atoms in total. The minimum atomic E-state index is 0.340. The third-order valence-electron chi connectivity index (χ3n) is 3.82. The Labute approximate surface area is 104 Å².